The van der Waals surface area contributed by atoms with Gasteiger partial charge in [0.25, 0.3) is 0 Å². The largest absolute Gasteiger partial charge is 0.500 e. The quantitative estimate of drug-likeness (QED) is 0.0489. The van der Waals surface area contributed by atoms with Crippen molar-refractivity contribution in [2.45, 2.75) is 150 Å². The highest BCUT2D eigenvalue weighted by molar-refractivity contribution is 6.60. The summed E-state index contributed by atoms with van der Waals surface area (Å²) in [6.07, 6.45) is 11.9. The third-order valence-electron chi connectivity index (χ3n) is 8.57. The Balaban J connectivity index is 2.91. The van der Waals surface area contributed by atoms with E-state index in [2.05, 4.69) is 38.0 Å². The fraction of sp³-hybridized carbons (Fsp3) is 0.909. The van der Waals surface area contributed by atoms with Gasteiger partial charge in [0.15, 0.2) is 0 Å². The van der Waals surface area contributed by atoms with Crippen LogP contribution in [0.1, 0.15) is 132 Å². The topological polar surface area (TPSA) is 127 Å². The summed E-state index contributed by atoms with van der Waals surface area (Å²) in [6, 6.07) is 0.211. The predicted molar refractivity (Wildman–Crippen MR) is 176 cm³/mol. The average molecular weight is 642 g/mol. The Bertz CT molecular complexity index is 866. The van der Waals surface area contributed by atoms with Gasteiger partial charge in [-0.3, -0.25) is 4.79 Å². The molecule has 44 heavy (non-hydrogen) atoms. The van der Waals surface area contributed by atoms with E-state index in [1.165, 1.54) is 19.3 Å². The molecule has 1 fully saturated rings. The van der Waals surface area contributed by atoms with Crippen LogP contribution < -0.4 is 5.32 Å². The van der Waals surface area contributed by atoms with Crippen LogP contribution in [0.15, 0.2) is 4.99 Å². The molecule has 0 aromatic carbocycles. The summed E-state index contributed by atoms with van der Waals surface area (Å²) < 4.78 is 17.7. The zero-order chi connectivity index (χ0) is 33.1. The maximum atomic E-state index is 12.9. The maximum Gasteiger partial charge on any atom is 0.500 e. The lowest BCUT2D eigenvalue weighted by Gasteiger charge is -2.47. The van der Waals surface area contributed by atoms with Crippen molar-refractivity contribution < 1.29 is 32.8 Å². The van der Waals surface area contributed by atoms with E-state index in [-0.39, 0.29) is 35.2 Å². The summed E-state index contributed by atoms with van der Waals surface area (Å²) in [4.78, 5) is 42.4. The monoisotopic (exact) mass is 641 g/mol. The van der Waals surface area contributed by atoms with E-state index in [9.17, 15) is 19.5 Å². The van der Waals surface area contributed by atoms with Gasteiger partial charge in [-0.1, -0.05) is 66.2 Å². The summed E-state index contributed by atoms with van der Waals surface area (Å²) in [6.45, 7) is 16.8. The van der Waals surface area contributed by atoms with Crippen LogP contribution in [0.5, 0.6) is 0 Å². The normalized spacial score (nSPS) is 20.5. The first-order valence-corrected chi connectivity index (χ1v) is 19.1. The predicted octanol–water partition coefficient (Wildman–Crippen LogP) is 7.34. The fourth-order valence-electron chi connectivity index (χ4n) is 7.17. The molecule has 0 heterocycles. The van der Waals surface area contributed by atoms with Crippen molar-refractivity contribution in [1.29, 1.82) is 0 Å². The summed E-state index contributed by atoms with van der Waals surface area (Å²) in [5, 5.41) is 13.4. The van der Waals surface area contributed by atoms with E-state index in [0.29, 0.717) is 58.2 Å². The van der Waals surface area contributed by atoms with Crippen LogP contribution in [0.25, 0.3) is 0 Å². The van der Waals surface area contributed by atoms with Crippen LogP contribution >= 0.6 is 0 Å². The number of aliphatic imine (C=N–C) groups is 1. The van der Waals surface area contributed by atoms with Gasteiger partial charge in [-0.05, 0) is 70.1 Å². The Morgan fingerprint density at radius 1 is 0.955 bits per heavy atom. The number of nitrogens with zero attached hydrogens (tertiary/aromatic N) is 2. The lowest BCUT2D eigenvalue weighted by atomic mass is 9.62. The molecule has 0 radical (unpaired) electrons. The minimum atomic E-state index is -2.76. The summed E-state index contributed by atoms with van der Waals surface area (Å²) in [7, 11) is -2.76. The lowest BCUT2D eigenvalue weighted by molar-refractivity contribution is -0.121. The molecule has 3 unspecified atom stereocenters. The second-order valence-electron chi connectivity index (χ2n) is 13.5. The van der Waals surface area contributed by atoms with Gasteiger partial charge in [-0.2, -0.15) is 0 Å². The molecule has 3 atom stereocenters. The van der Waals surface area contributed by atoms with Crippen molar-refractivity contribution in [3.8, 4) is 0 Å². The average Bonchev–Trinajstić information content (AvgIpc) is 2.93. The molecule has 10 nitrogen and oxygen atoms in total. The van der Waals surface area contributed by atoms with Crippen molar-refractivity contribution in [2.24, 2.45) is 15.8 Å². The molecule has 2 amide bonds. The Hall–Kier alpha value is -1.78. The number of carboxylic acid groups (broad SMARTS) is 1. The number of hydrogen-bond donors (Lipinski definition) is 2. The van der Waals surface area contributed by atoms with E-state index in [1.54, 1.807) is 11.0 Å². The van der Waals surface area contributed by atoms with Crippen LogP contribution in [0.4, 0.5) is 4.79 Å². The van der Waals surface area contributed by atoms with E-state index < -0.39 is 14.9 Å². The van der Waals surface area contributed by atoms with Crippen LogP contribution in [0.3, 0.4) is 0 Å². The van der Waals surface area contributed by atoms with E-state index in [0.717, 1.165) is 38.5 Å². The van der Waals surface area contributed by atoms with Crippen molar-refractivity contribution in [3.63, 3.8) is 0 Å². The molecular formula is C33H63N3O7Si. The highest BCUT2D eigenvalue weighted by Gasteiger charge is 2.44. The third-order valence-corrected chi connectivity index (χ3v) is 11.7. The molecule has 2 N–H and O–H groups in total. The number of rotatable bonds is 24. The number of carbonyl (C=O) groups is 2. The summed E-state index contributed by atoms with van der Waals surface area (Å²) >= 11 is 0. The van der Waals surface area contributed by atoms with Crippen LogP contribution in [0.2, 0.25) is 6.04 Å². The SMILES string of the molecule is CCCCCCCCC(CCC(=O)NCCC[Si](OCC)(OCC)OCC)N(CC1(C)CC(N=C=O)CC(C)(C)C1)C(=O)O. The van der Waals surface area contributed by atoms with E-state index >= 15 is 0 Å². The Kier molecular flexibility index (Phi) is 19.3. The first-order chi connectivity index (χ1) is 20.9. The van der Waals surface area contributed by atoms with Crippen LogP contribution in [-0.2, 0) is 22.9 Å². The molecule has 1 aliphatic rings. The third kappa shape index (κ3) is 15.5. The lowest BCUT2D eigenvalue weighted by Crippen LogP contribution is -2.50. The zero-order valence-corrected chi connectivity index (χ0v) is 29.9. The number of carbonyl (C=O) groups excluding carboxylic acids is 2. The van der Waals surface area contributed by atoms with Crippen LogP contribution in [0, 0.1) is 10.8 Å². The molecule has 11 heteroatoms. The van der Waals surface area contributed by atoms with Crippen LogP contribution in [-0.4, -0.2) is 81.9 Å². The van der Waals surface area contributed by atoms with Crippen molar-refractivity contribution >= 4 is 26.9 Å². The van der Waals surface area contributed by atoms with Gasteiger partial charge < -0.3 is 28.6 Å². The smallest absolute Gasteiger partial charge is 0.465 e. The molecule has 256 valence electrons. The summed E-state index contributed by atoms with van der Waals surface area (Å²) in [5.74, 6) is -0.0785. The first-order valence-electron chi connectivity index (χ1n) is 17.1. The number of unbranched alkanes of at least 4 members (excludes halogenated alkanes) is 5. The number of hydrogen-bond acceptors (Lipinski definition) is 7. The standard InChI is InChI=1S/C33H63N3O7Si/c1-8-12-13-14-15-16-18-29(19-20-30(38)34-21-17-22-44(41-9-2,42-10-3)43-11-4)36(31(39)40)26-33(7)24-28(35-27-37)23-32(5,6)25-33/h28-29H,8-26H2,1-7H3,(H,34,38)(H,39,40). The maximum absolute atomic E-state index is 12.9. The number of amides is 2. The molecule has 0 aromatic heterocycles. The molecule has 1 aliphatic carbocycles. The second kappa shape index (κ2) is 21.1. The first kappa shape index (κ1) is 40.2. The number of nitrogens with one attached hydrogen (secondary N) is 1. The zero-order valence-electron chi connectivity index (χ0n) is 28.9. The molecule has 0 spiro atoms. The fourth-order valence-corrected chi connectivity index (χ4v) is 9.78. The van der Waals surface area contributed by atoms with Gasteiger partial charge in [0.05, 0.1) is 6.04 Å². The minimum absolute atomic E-state index is 0.0657. The van der Waals surface area contributed by atoms with Gasteiger partial charge in [0.2, 0.25) is 12.0 Å². The van der Waals surface area contributed by atoms with E-state index in [1.807, 2.05) is 20.8 Å². The molecule has 1 rings (SSSR count). The second-order valence-corrected chi connectivity index (χ2v) is 16.3. The van der Waals surface area contributed by atoms with Crippen molar-refractivity contribution in [3.05, 3.63) is 0 Å². The molecule has 0 saturated heterocycles. The highest BCUT2D eigenvalue weighted by atomic mass is 28.4. The molecular weight excluding hydrogens is 578 g/mol. The molecule has 1 saturated carbocycles. The van der Waals surface area contributed by atoms with Gasteiger partial charge in [0.1, 0.15) is 0 Å². The molecule has 0 aromatic rings. The minimum Gasteiger partial charge on any atom is -0.465 e. The van der Waals surface area contributed by atoms with Gasteiger partial charge >= 0.3 is 14.9 Å². The highest BCUT2D eigenvalue weighted by Crippen LogP contribution is 2.47. The number of isocyanates is 1. The summed E-state index contributed by atoms with van der Waals surface area (Å²) in [5.41, 5.74) is -0.394. The van der Waals surface area contributed by atoms with Crippen molar-refractivity contribution in [2.75, 3.05) is 32.9 Å². The molecule has 0 aliphatic heterocycles. The Morgan fingerprint density at radius 3 is 2.14 bits per heavy atom. The van der Waals surface area contributed by atoms with Gasteiger partial charge in [0, 0.05) is 51.4 Å². The molecule has 0 bridgehead atoms. The van der Waals surface area contributed by atoms with E-state index in [4.69, 9.17) is 13.3 Å². The Labute approximate surface area is 268 Å². The Morgan fingerprint density at radius 2 is 1.57 bits per heavy atom. The van der Waals surface area contributed by atoms with Gasteiger partial charge in [-0.25, -0.2) is 14.6 Å². The van der Waals surface area contributed by atoms with Gasteiger partial charge in [-0.15, -0.1) is 0 Å². The van der Waals surface area contributed by atoms with Crippen molar-refractivity contribution in [1.82, 2.24) is 10.2 Å².